The van der Waals surface area contributed by atoms with E-state index in [1.54, 1.807) is 0 Å². The third-order valence-corrected chi connectivity index (χ3v) is 7.00. The lowest BCUT2D eigenvalue weighted by Crippen LogP contribution is -2.09. The third kappa shape index (κ3) is 22.5. The quantitative estimate of drug-likeness (QED) is 0.173. The predicted molar refractivity (Wildman–Crippen MR) is 127 cm³/mol. The molecule has 0 aromatic rings. The summed E-state index contributed by atoms with van der Waals surface area (Å²) in [6, 6.07) is 0. The maximum Gasteiger partial charge on any atom is 0.0467 e. The molecule has 0 radical (unpaired) electrons. The molecule has 0 aliphatic rings. The van der Waals surface area contributed by atoms with E-state index in [4.69, 9.17) is 0 Å². The molecule has 0 aromatic heterocycles. The largest absolute Gasteiger partial charge is 0.396 e. The van der Waals surface area contributed by atoms with Crippen LogP contribution in [-0.4, -0.2) is 23.2 Å². The Hall–Kier alpha value is 0.310. The van der Waals surface area contributed by atoms with Gasteiger partial charge in [0.2, 0.25) is 0 Å². The first-order valence-corrected chi connectivity index (χ1v) is 13.7. The van der Waals surface area contributed by atoms with Gasteiger partial charge < -0.3 is 5.11 Å². The highest BCUT2D eigenvalue weighted by Crippen LogP contribution is 2.19. The van der Waals surface area contributed by atoms with E-state index in [-0.39, 0.29) is 0 Å². The molecule has 0 rings (SSSR count). The van der Waals surface area contributed by atoms with Crippen molar-refractivity contribution in [2.75, 3.05) is 18.1 Å². The van der Waals surface area contributed by atoms with Crippen LogP contribution in [0.25, 0.3) is 0 Å². The molecule has 0 aliphatic carbocycles. The molecular weight excluding hydrogens is 348 g/mol. The number of aliphatic hydroxyl groups excluding tert-OH is 1. The number of thioether (sulfide) groups is 1. The van der Waals surface area contributed by atoms with E-state index in [9.17, 15) is 5.11 Å². The minimum atomic E-state index is 0.390. The van der Waals surface area contributed by atoms with E-state index in [2.05, 4.69) is 25.6 Å². The van der Waals surface area contributed by atoms with E-state index in [1.807, 2.05) is 0 Å². The van der Waals surface area contributed by atoms with E-state index >= 15 is 0 Å². The summed E-state index contributed by atoms with van der Waals surface area (Å²) in [5, 5.41) is 9.59. The van der Waals surface area contributed by atoms with Crippen LogP contribution in [0.4, 0.5) is 0 Å². The Kier molecular flexibility index (Phi) is 24.6. The van der Waals surface area contributed by atoms with Crippen molar-refractivity contribution in [3.63, 3.8) is 0 Å². The fourth-order valence-corrected chi connectivity index (χ4v) is 4.92. The predicted octanol–water partition coefficient (Wildman–Crippen LogP) is 8.78. The first-order valence-electron chi connectivity index (χ1n) is 12.5. The molecule has 0 amide bonds. The van der Waals surface area contributed by atoms with Gasteiger partial charge in [-0.15, -0.1) is 0 Å². The summed E-state index contributed by atoms with van der Waals surface area (Å²) in [5.74, 6) is 3.01. The third-order valence-electron chi connectivity index (χ3n) is 5.72. The normalized spacial score (nSPS) is 12.6. The van der Waals surface area contributed by atoms with Gasteiger partial charge in [-0.05, 0) is 30.3 Å². The van der Waals surface area contributed by atoms with Crippen molar-refractivity contribution >= 4 is 11.8 Å². The van der Waals surface area contributed by atoms with Crippen LogP contribution in [-0.2, 0) is 0 Å². The molecule has 0 aliphatic heterocycles. The van der Waals surface area contributed by atoms with Crippen LogP contribution >= 0.6 is 11.8 Å². The van der Waals surface area contributed by atoms with Gasteiger partial charge >= 0.3 is 0 Å². The molecular formula is C25H52OS. The van der Waals surface area contributed by atoms with Crippen LogP contribution in [0.15, 0.2) is 0 Å². The number of rotatable bonds is 23. The van der Waals surface area contributed by atoms with Crippen molar-refractivity contribution in [1.29, 1.82) is 0 Å². The number of aliphatic hydroxyl groups is 1. The second-order valence-corrected chi connectivity index (χ2v) is 9.72. The van der Waals surface area contributed by atoms with Crippen molar-refractivity contribution in [2.45, 2.75) is 136 Å². The van der Waals surface area contributed by atoms with E-state index < -0.39 is 0 Å². The molecule has 27 heavy (non-hydrogen) atoms. The van der Waals surface area contributed by atoms with Gasteiger partial charge in [0.25, 0.3) is 0 Å². The Labute approximate surface area is 176 Å². The Balaban J connectivity index is 3.26. The molecule has 0 unspecified atom stereocenters. The zero-order valence-corrected chi connectivity index (χ0v) is 19.8. The highest BCUT2D eigenvalue weighted by Gasteiger charge is 2.07. The molecule has 0 saturated carbocycles. The lowest BCUT2D eigenvalue weighted by atomic mass is 10.0. The van der Waals surface area contributed by atoms with Gasteiger partial charge in [-0.3, -0.25) is 0 Å². The average Bonchev–Trinajstić information content (AvgIpc) is 2.69. The zero-order chi connectivity index (χ0) is 19.8. The maximum atomic E-state index is 9.59. The summed E-state index contributed by atoms with van der Waals surface area (Å²) in [4.78, 5) is 0. The fraction of sp³-hybridized carbons (Fsp3) is 1.00. The van der Waals surface area contributed by atoms with Crippen LogP contribution in [0, 0.1) is 5.92 Å². The molecule has 0 saturated heterocycles. The van der Waals surface area contributed by atoms with Crippen molar-refractivity contribution < 1.29 is 5.11 Å². The van der Waals surface area contributed by atoms with Crippen LogP contribution in [0.3, 0.4) is 0 Å². The number of hydrogen-bond donors (Lipinski definition) is 1. The number of unbranched alkanes of at least 4 members (excludes halogenated alkanes) is 16. The molecule has 2 heteroatoms. The molecule has 1 atom stereocenters. The monoisotopic (exact) mass is 400 g/mol. The highest BCUT2D eigenvalue weighted by atomic mass is 32.2. The Morgan fingerprint density at radius 3 is 1.41 bits per heavy atom. The first-order chi connectivity index (χ1) is 13.3. The van der Waals surface area contributed by atoms with Crippen LogP contribution < -0.4 is 0 Å². The van der Waals surface area contributed by atoms with E-state index in [0.29, 0.717) is 12.5 Å². The summed E-state index contributed by atoms with van der Waals surface area (Å²) in [6.07, 6.45) is 26.5. The second kappa shape index (κ2) is 24.3. The molecule has 1 nitrogen and oxygen atoms in total. The Morgan fingerprint density at radius 1 is 0.556 bits per heavy atom. The minimum Gasteiger partial charge on any atom is -0.396 e. The SMILES string of the molecule is CCCCCCCCCCCCSC[C@H](CO)CCCCCCCCCC. The van der Waals surface area contributed by atoms with Gasteiger partial charge in [-0.25, -0.2) is 0 Å². The van der Waals surface area contributed by atoms with Crippen molar-refractivity contribution in [2.24, 2.45) is 5.92 Å². The van der Waals surface area contributed by atoms with Crippen LogP contribution in [0.2, 0.25) is 0 Å². The molecule has 0 heterocycles. The Morgan fingerprint density at radius 2 is 0.963 bits per heavy atom. The fourth-order valence-electron chi connectivity index (χ4n) is 3.74. The average molecular weight is 401 g/mol. The minimum absolute atomic E-state index is 0.390. The van der Waals surface area contributed by atoms with Crippen molar-refractivity contribution in [3.05, 3.63) is 0 Å². The Bertz CT molecular complexity index is 257. The topological polar surface area (TPSA) is 20.2 Å². The summed E-state index contributed by atoms with van der Waals surface area (Å²) in [6.45, 7) is 4.96. The van der Waals surface area contributed by atoms with Crippen molar-refractivity contribution in [3.8, 4) is 0 Å². The smallest absolute Gasteiger partial charge is 0.0467 e. The molecule has 164 valence electrons. The molecule has 0 fully saturated rings. The standard InChI is InChI=1S/C25H52OS/c1-3-5-7-9-11-13-14-16-18-20-22-27-24-25(23-26)21-19-17-15-12-10-8-6-4-2/h25-26H,3-24H2,1-2H3/t25-/m0/s1. The summed E-state index contributed by atoms with van der Waals surface area (Å²) >= 11 is 2.08. The van der Waals surface area contributed by atoms with Gasteiger partial charge in [0.05, 0.1) is 0 Å². The summed E-state index contributed by atoms with van der Waals surface area (Å²) < 4.78 is 0. The molecule has 0 aromatic carbocycles. The van der Waals surface area contributed by atoms with Gasteiger partial charge in [0.15, 0.2) is 0 Å². The molecule has 0 bridgehead atoms. The van der Waals surface area contributed by atoms with E-state index in [0.717, 1.165) is 0 Å². The van der Waals surface area contributed by atoms with Crippen LogP contribution in [0.1, 0.15) is 136 Å². The summed E-state index contributed by atoms with van der Waals surface area (Å²) in [7, 11) is 0. The lowest BCUT2D eigenvalue weighted by Gasteiger charge is -2.13. The van der Waals surface area contributed by atoms with Gasteiger partial charge in [0.1, 0.15) is 0 Å². The second-order valence-electron chi connectivity index (χ2n) is 8.57. The van der Waals surface area contributed by atoms with Gasteiger partial charge in [-0.2, -0.15) is 11.8 Å². The molecule has 0 spiro atoms. The maximum absolute atomic E-state index is 9.59. The highest BCUT2D eigenvalue weighted by molar-refractivity contribution is 7.99. The van der Waals surface area contributed by atoms with Gasteiger partial charge in [-0.1, -0.05) is 123 Å². The van der Waals surface area contributed by atoms with Gasteiger partial charge in [0, 0.05) is 6.61 Å². The van der Waals surface area contributed by atoms with E-state index in [1.165, 1.54) is 134 Å². The summed E-state index contributed by atoms with van der Waals surface area (Å²) in [5.41, 5.74) is 0. The van der Waals surface area contributed by atoms with Crippen molar-refractivity contribution in [1.82, 2.24) is 0 Å². The first kappa shape index (κ1) is 27.3. The lowest BCUT2D eigenvalue weighted by molar-refractivity contribution is 0.230. The number of hydrogen-bond acceptors (Lipinski definition) is 2. The zero-order valence-electron chi connectivity index (χ0n) is 19.0. The van der Waals surface area contributed by atoms with Crippen LogP contribution in [0.5, 0.6) is 0 Å². The molecule has 1 N–H and O–H groups in total.